The first-order valence-corrected chi connectivity index (χ1v) is 18.0. The Kier molecular flexibility index (Phi) is 8.40. The molecule has 0 aromatic carbocycles. The summed E-state index contributed by atoms with van der Waals surface area (Å²) in [6, 6.07) is 2.27. The van der Waals surface area contributed by atoms with E-state index in [1.165, 1.54) is 57.4 Å². The van der Waals surface area contributed by atoms with Gasteiger partial charge in [0.1, 0.15) is 0 Å². The van der Waals surface area contributed by atoms with E-state index in [1.54, 1.807) is 11.3 Å². The zero-order valence-electron chi connectivity index (χ0n) is 15.2. The minimum absolute atomic E-state index is 0.297. The van der Waals surface area contributed by atoms with Crippen molar-refractivity contribution in [3.05, 3.63) is 22.4 Å². The van der Waals surface area contributed by atoms with Crippen molar-refractivity contribution in [3.8, 4) is 0 Å². The third-order valence-corrected chi connectivity index (χ3v) is 22.9. The molecule has 0 radical (unpaired) electrons. The van der Waals surface area contributed by atoms with E-state index in [4.69, 9.17) is 9.47 Å². The second kappa shape index (κ2) is 9.79. The number of rotatable bonds is 11. The summed E-state index contributed by atoms with van der Waals surface area (Å²) in [5.41, 5.74) is 1.35. The number of unbranched alkanes of at least 4 members (excludes halogenated alkanes) is 3. The van der Waals surface area contributed by atoms with Crippen molar-refractivity contribution in [2.75, 3.05) is 13.2 Å². The Labute approximate surface area is 150 Å². The molecule has 1 aromatic rings. The number of ether oxygens (including phenoxy) is 2. The molecule has 0 aliphatic carbocycles. The van der Waals surface area contributed by atoms with Crippen molar-refractivity contribution >= 4 is 29.7 Å². The summed E-state index contributed by atoms with van der Waals surface area (Å²) < 4.78 is 17.0. The summed E-state index contributed by atoms with van der Waals surface area (Å²) in [4.78, 5) is 0. The Morgan fingerprint density at radius 3 is 1.87 bits per heavy atom. The molecule has 1 aromatic heterocycles. The molecular formula is C19H34O2SSn. The first-order valence-electron chi connectivity index (χ1n) is 9.55. The Hall–Kier alpha value is 0.419. The molecule has 0 spiro atoms. The molecule has 2 nitrogen and oxygen atoms in total. The van der Waals surface area contributed by atoms with Crippen molar-refractivity contribution in [2.45, 2.75) is 76.4 Å². The molecule has 1 aliphatic rings. The molecule has 0 amide bonds. The summed E-state index contributed by atoms with van der Waals surface area (Å²) in [7, 11) is 0. The Morgan fingerprint density at radius 2 is 1.48 bits per heavy atom. The summed E-state index contributed by atoms with van der Waals surface area (Å²) in [6.07, 6.45) is 7.91. The third kappa shape index (κ3) is 4.34. The van der Waals surface area contributed by atoms with Gasteiger partial charge in [0.2, 0.25) is 0 Å². The predicted octanol–water partition coefficient (Wildman–Crippen LogP) is 6.34. The van der Waals surface area contributed by atoms with Crippen LogP contribution in [0.5, 0.6) is 0 Å². The molecule has 0 bridgehead atoms. The van der Waals surface area contributed by atoms with Crippen LogP contribution in [-0.4, -0.2) is 31.6 Å². The van der Waals surface area contributed by atoms with E-state index in [2.05, 4.69) is 37.6 Å². The second-order valence-electron chi connectivity index (χ2n) is 6.92. The fourth-order valence-electron chi connectivity index (χ4n) is 4.06. The fourth-order valence-corrected chi connectivity index (χ4v) is 23.3. The summed E-state index contributed by atoms with van der Waals surface area (Å²) >= 11 is -0.872. The minimum atomic E-state index is -2.66. The van der Waals surface area contributed by atoms with Gasteiger partial charge in [0.25, 0.3) is 0 Å². The van der Waals surface area contributed by atoms with Gasteiger partial charge in [-0.3, -0.25) is 0 Å². The van der Waals surface area contributed by atoms with Crippen LogP contribution in [0.15, 0.2) is 16.8 Å². The van der Waals surface area contributed by atoms with Gasteiger partial charge in [-0.15, -0.1) is 0 Å². The molecule has 2 rings (SSSR count). The van der Waals surface area contributed by atoms with Gasteiger partial charge in [0.05, 0.1) is 0 Å². The van der Waals surface area contributed by atoms with Gasteiger partial charge in [-0.1, -0.05) is 0 Å². The van der Waals surface area contributed by atoms with E-state index in [0.717, 1.165) is 13.2 Å². The SMILES string of the molecule is CCC[CH2][Sn]([CH2]CCC)([CH2]CCC)[C]1(c2ccsc2)OCCO1. The molecule has 4 heteroatoms. The Bertz CT molecular complexity index is 405. The van der Waals surface area contributed by atoms with Gasteiger partial charge in [-0.05, 0) is 0 Å². The van der Waals surface area contributed by atoms with Crippen molar-refractivity contribution in [1.29, 1.82) is 0 Å². The van der Waals surface area contributed by atoms with E-state index in [-0.39, 0.29) is 3.80 Å². The van der Waals surface area contributed by atoms with Crippen LogP contribution in [0.1, 0.15) is 64.9 Å². The van der Waals surface area contributed by atoms with E-state index in [1.807, 2.05) is 0 Å². The summed E-state index contributed by atoms with van der Waals surface area (Å²) in [5, 5.41) is 4.49. The molecule has 23 heavy (non-hydrogen) atoms. The van der Waals surface area contributed by atoms with Crippen LogP contribution < -0.4 is 0 Å². The molecule has 2 heterocycles. The van der Waals surface area contributed by atoms with E-state index in [0.29, 0.717) is 0 Å². The molecule has 1 fully saturated rings. The van der Waals surface area contributed by atoms with Crippen molar-refractivity contribution in [2.24, 2.45) is 0 Å². The maximum atomic E-state index is 6.52. The van der Waals surface area contributed by atoms with Gasteiger partial charge in [0.15, 0.2) is 0 Å². The van der Waals surface area contributed by atoms with Crippen molar-refractivity contribution < 1.29 is 9.47 Å². The van der Waals surface area contributed by atoms with Crippen molar-refractivity contribution in [3.63, 3.8) is 0 Å². The molecule has 0 atom stereocenters. The molecular weight excluding hydrogens is 411 g/mol. The van der Waals surface area contributed by atoms with E-state index >= 15 is 0 Å². The zero-order chi connectivity index (χ0) is 16.6. The third-order valence-electron chi connectivity index (χ3n) is 5.32. The monoisotopic (exact) mass is 446 g/mol. The topological polar surface area (TPSA) is 18.5 Å². The molecule has 0 saturated carbocycles. The number of thiophene rings is 1. The first-order chi connectivity index (χ1) is 11.2. The molecule has 1 saturated heterocycles. The molecule has 132 valence electrons. The van der Waals surface area contributed by atoms with Crippen LogP contribution in [0.4, 0.5) is 0 Å². The van der Waals surface area contributed by atoms with Crippen LogP contribution in [0, 0.1) is 0 Å². The molecule has 0 N–H and O–H groups in total. The Balaban J connectivity index is 2.41. The van der Waals surface area contributed by atoms with Gasteiger partial charge in [0, 0.05) is 0 Å². The van der Waals surface area contributed by atoms with Crippen molar-refractivity contribution in [1.82, 2.24) is 0 Å². The van der Waals surface area contributed by atoms with Crippen LogP contribution in [0.25, 0.3) is 0 Å². The normalized spacial score (nSPS) is 17.7. The van der Waals surface area contributed by atoms with Gasteiger partial charge in [-0.25, -0.2) is 0 Å². The summed E-state index contributed by atoms with van der Waals surface area (Å²) in [6.45, 7) is 8.52. The average molecular weight is 445 g/mol. The fraction of sp³-hybridized carbons (Fsp3) is 0.789. The quantitative estimate of drug-likeness (QED) is 0.371. The standard InChI is InChI=1S/C7H7O2S.3C4H9.Sn/c1-4-10-5-6(1)7-8-2-3-9-7;3*1-3-4-2;/h1,4-5H,2-3H2;3*1,3-4H2,2H3;. The van der Waals surface area contributed by atoms with Crippen LogP contribution >= 0.6 is 11.3 Å². The van der Waals surface area contributed by atoms with Gasteiger partial charge in [-0.2, -0.15) is 0 Å². The van der Waals surface area contributed by atoms with Gasteiger partial charge < -0.3 is 0 Å². The van der Waals surface area contributed by atoms with Gasteiger partial charge >= 0.3 is 151 Å². The second-order valence-corrected chi connectivity index (χ2v) is 21.2. The average Bonchev–Trinajstić information content (AvgIpc) is 3.26. The van der Waals surface area contributed by atoms with Crippen LogP contribution in [0.2, 0.25) is 13.3 Å². The first kappa shape index (κ1) is 19.7. The molecule has 0 unspecified atom stereocenters. The van der Waals surface area contributed by atoms with Crippen LogP contribution in [-0.2, 0) is 13.3 Å². The molecule has 1 aliphatic heterocycles. The zero-order valence-corrected chi connectivity index (χ0v) is 18.9. The Morgan fingerprint density at radius 1 is 0.957 bits per heavy atom. The number of hydrogen-bond donors (Lipinski definition) is 0. The number of hydrogen-bond acceptors (Lipinski definition) is 3. The predicted molar refractivity (Wildman–Crippen MR) is 103 cm³/mol. The van der Waals surface area contributed by atoms with Crippen LogP contribution in [0.3, 0.4) is 0 Å². The van der Waals surface area contributed by atoms with E-state index < -0.39 is 18.4 Å². The van der Waals surface area contributed by atoms with E-state index in [9.17, 15) is 0 Å². The summed E-state index contributed by atoms with van der Waals surface area (Å²) in [5.74, 6) is 0. The maximum absolute atomic E-state index is 6.52.